The zero-order chi connectivity index (χ0) is 19.0. The van der Waals surface area contributed by atoms with Crippen LogP contribution in [0, 0.1) is 23.2 Å². The Balaban J connectivity index is 1.37. The lowest BCUT2D eigenvalue weighted by atomic mass is 9.49. The van der Waals surface area contributed by atoms with Gasteiger partial charge in [0.2, 0.25) is 11.8 Å². The summed E-state index contributed by atoms with van der Waals surface area (Å²) < 4.78 is 1.59. The monoisotopic (exact) mass is 369 g/mol. The molecule has 27 heavy (non-hydrogen) atoms. The SMILES string of the molecule is CC(C)N=c1ccccn1C(=O)CCNC(=O)C12CC3CC(CC(C3)C1)C2. The summed E-state index contributed by atoms with van der Waals surface area (Å²) in [4.78, 5) is 30.1. The van der Waals surface area contributed by atoms with Gasteiger partial charge in [0.25, 0.3) is 0 Å². The first kappa shape index (κ1) is 18.5. The second-order valence-corrected chi connectivity index (χ2v) is 9.25. The molecule has 0 spiro atoms. The number of pyridine rings is 1. The minimum absolute atomic E-state index is 0.0270. The van der Waals surface area contributed by atoms with E-state index in [2.05, 4.69) is 10.3 Å². The van der Waals surface area contributed by atoms with Crippen molar-refractivity contribution in [1.82, 2.24) is 9.88 Å². The molecule has 1 aromatic rings. The molecule has 1 aromatic heterocycles. The number of hydrogen-bond donors (Lipinski definition) is 1. The second-order valence-electron chi connectivity index (χ2n) is 9.25. The van der Waals surface area contributed by atoms with E-state index in [0.717, 1.165) is 37.0 Å². The molecule has 4 fully saturated rings. The van der Waals surface area contributed by atoms with E-state index in [9.17, 15) is 9.59 Å². The van der Waals surface area contributed by atoms with Crippen molar-refractivity contribution in [3.05, 3.63) is 29.9 Å². The maximum atomic E-state index is 13.0. The second kappa shape index (κ2) is 7.25. The molecule has 0 aromatic carbocycles. The molecule has 1 N–H and O–H groups in total. The number of carbonyl (C=O) groups excluding carboxylic acids is 2. The van der Waals surface area contributed by atoms with Crippen LogP contribution in [0.4, 0.5) is 0 Å². The summed E-state index contributed by atoms with van der Waals surface area (Å²) in [5.74, 6) is 2.43. The molecular weight excluding hydrogens is 338 g/mol. The van der Waals surface area contributed by atoms with E-state index in [1.54, 1.807) is 10.8 Å². The molecule has 1 heterocycles. The highest BCUT2D eigenvalue weighted by Gasteiger charge is 2.54. The van der Waals surface area contributed by atoms with Gasteiger partial charge in [0, 0.05) is 30.6 Å². The predicted octanol–water partition coefficient (Wildman–Crippen LogP) is 3.16. The number of nitrogens with one attached hydrogen (secondary N) is 1. The molecule has 0 unspecified atom stereocenters. The van der Waals surface area contributed by atoms with E-state index in [-0.39, 0.29) is 23.3 Å². The van der Waals surface area contributed by atoms with Crippen LogP contribution in [0.1, 0.15) is 63.6 Å². The van der Waals surface area contributed by atoms with E-state index < -0.39 is 0 Å². The van der Waals surface area contributed by atoms with Crippen molar-refractivity contribution in [1.29, 1.82) is 0 Å². The topological polar surface area (TPSA) is 63.5 Å². The quantitative estimate of drug-likeness (QED) is 0.866. The normalized spacial score (nSPS) is 32.1. The maximum Gasteiger partial charge on any atom is 0.233 e. The summed E-state index contributed by atoms with van der Waals surface area (Å²) in [5, 5.41) is 3.10. The van der Waals surface area contributed by atoms with Gasteiger partial charge in [-0.25, -0.2) is 0 Å². The van der Waals surface area contributed by atoms with Gasteiger partial charge in [-0.1, -0.05) is 6.07 Å². The Hall–Kier alpha value is -1.91. The number of hydrogen-bond acceptors (Lipinski definition) is 3. The molecule has 0 aliphatic heterocycles. The summed E-state index contributed by atoms with van der Waals surface area (Å²) in [6, 6.07) is 5.71. The van der Waals surface area contributed by atoms with E-state index in [0.29, 0.717) is 18.5 Å². The van der Waals surface area contributed by atoms with Gasteiger partial charge < -0.3 is 5.32 Å². The van der Waals surface area contributed by atoms with Crippen LogP contribution >= 0.6 is 0 Å². The zero-order valence-electron chi connectivity index (χ0n) is 16.5. The minimum atomic E-state index is -0.143. The van der Waals surface area contributed by atoms with Gasteiger partial charge in [0.1, 0.15) is 5.49 Å². The molecule has 5 rings (SSSR count). The smallest absolute Gasteiger partial charge is 0.233 e. The third kappa shape index (κ3) is 3.74. The van der Waals surface area contributed by atoms with Crippen molar-refractivity contribution < 1.29 is 9.59 Å². The average Bonchev–Trinajstić information content (AvgIpc) is 2.60. The van der Waals surface area contributed by atoms with Gasteiger partial charge in [-0.3, -0.25) is 19.1 Å². The Morgan fingerprint density at radius 2 is 1.78 bits per heavy atom. The first-order valence-corrected chi connectivity index (χ1v) is 10.5. The summed E-state index contributed by atoms with van der Waals surface area (Å²) in [6.07, 6.45) is 9.22. The summed E-state index contributed by atoms with van der Waals surface area (Å²) in [7, 11) is 0. The standard InChI is InChI=1S/C22H31N3O2/c1-15(2)24-19-5-3-4-8-25(19)20(26)6-7-23-21(27)22-12-16-9-17(13-22)11-18(10-16)14-22/h3-5,8,15-18H,6-7,9-14H2,1-2H3,(H,23,27). The number of rotatable bonds is 5. The highest BCUT2D eigenvalue weighted by atomic mass is 16.2. The van der Waals surface area contributed by atoms with Crippen LogP contribution in [0.5, 0.6) is 0 Å². The van der Waals surface area contributed by atoms with Gasteiger partial charge in [-0.05, 0) is 82.3 Å². The van der Waals surface area contributed by atoms with Crippen molar-refractivity contribution in [2.45, 2.75) is 64.8 Å². The molecule has 146 valence electrons. The molecule has 4 bridgehead atoms. The highest BCUT2D eigenvalue weighted by molar-refractivity contribution is 5.84. The number of amides is 1. The van der Waals surface area contributed by atoms with Crippen LogP contribution in [0.25, 0.3) is 0 Å². The van der Waals surface area contributed by atoms with E-state index >= 15 is 0 Å². The van der Waals surface area contributed by atoms with Gasteiger partial charge >= 0.3 is 0 Å². The van der Waals surface area contributed by atoms with Crippen LogP contribution in [0.2, 0.25) is 0 Å². The van der Waals surface area contributed by atoms with Crippen LogP contribution in [0.3, 0.4) is 0 Å². The maximum absolute atomic E-state index is 13.0. The fraction of sp³-hybridized carbons (Fsp3) is 0.682. The van der Waals surface area contributed by atoms with Crippen molar-refractivity contribution >= 4 is 11.8 Å². The van der Waals surface area contributed by atoms with Gasteiger partial charge in [0.05, 0.1) is 0 Å². The average molecular weight is 370 g/mol. The number of aromatic nitrogens is 1. The third-order valence-corrected chi connectivity index (χ3v) is 6.64. The van der Waals surface area contributed by atoms with E-state index in [1.807, 2.05) is 32.0 Å². The summed E-state index contributed by atoms with van der Waals surface area (Å²) >= 11 is 0. The Labute approximate surface area is 161 Å². The lowest BCUT2D eigenvalue weighted by Gasteiger charge is -2.55. The molecule has 5 nitrogen and oxygen atoms in total. The largest absolute Gasteiger partial charge is 0.355 e. The number of carbonyl (C=O) groups is 2. The summed E-state index contributed by atoms with van der Waals surface area (Å²) in [6.45, 7) is 4.39. The molecule has 4 aliphatic rings. The van der Waals surface area contributed by atoms with E-state index in [1.165, 1.54) is 19.3 Å². The van der Waals surface area contributed by atoms with Gasteiger partial charge in [0.15, 0.2) is 0 Å². The molecule has 0 atom stereocenters. The number of nitrogens with zero attached hydrogens (tertiary/aromatic N) is 2. The van der Waals surface area contributed by atoms with Crippen LogP contribution in [-0.2, 0) is 4.79 Å². The summed E-state index contributed by atoms with van der Waals surface area (Å²) in [5.41, 5.74) is 0.528. The fourth-order valence-corrected chi connectivity index (χ4v) is 5.99. The molecule has 1 amide bonds. The van der Waals surface area contributed by atoms with Gasteiger partial charge in [-0.2, -0.15) is 0 Å². The lowest BCUT2D eigenvalue weighted by Crippen LogP contribution is -2.53. The third-order valence-electron chi connectivity index (χ3n) is 6.64. The molecule has 4 aliphatic carbocycles. The molecule has 0 saturated heterocycles. The molecule has 5 heteroatoms. The Bertz CT molecular complexity index is 757. The zero-order valence-corrected chi connectivity index (χ0v) is 16.5. The first-order chi connectivity index (χ1) is 12.9. The Morgan fingerprint density at radius 3 is 2.37 bits per heavy atom. The van der Waals surface area contributed by atoms with Gasteiger partial charge in [-0.15, -0.1) is 0 Å². The molecule has 0 radical (unpaired) electrons. The van der Waals surface area contributed by atoms with Crippen molar-refractivity contribution in [3.63, 3.8) is 0 Å². The fourth-order valence-electron chi connectivity index (χ4n) is 5.99. The molecule has 4 saturated carbocycles. The van der Waals surface area contributed by atoms with Crippen LogP contribution in [-0.4, -0.2) is 29.0 Å². The predicted molar refractivity (Wildman–Crippen MR) is 104 cm³/mol. The Morgan fingerprint density at radius 1 is 1.15 bits per heavy atom. The van der Waals surface area contributed by atoms with Crippen molar-refractivity contribution in [2.24, 2.45) is 28.2 Å². The van der Waals surface area contributed by atoms with E-state index in [4.69, 9.17) is 0 Å². The van der Waals surface area contributed by atoms with Crippen LogP contribution in [0.15, 0.2) is 29.4 Å². The van der Waals surface area contributed by atoms with Crippen molar-refractivity contribution in [2.75, 3.05) is 6.54 Å². The molecular formula is C22H31N3O2. The Kier molecular flexibility index (Phi) is 4.95. The lowest BCUT2D eigenvalue weighted by molar-refractivity contribution is -0.146. The highest BCUT2D eigenvalue weighted by Crippen LogP contribution is 2.60. The first-order valence-electron chi connectivity index (χ1n) is 10.5. The van der Waals surface area contributed by atoms with Crippen molar-refractivity contribution in [3.8, 4) is 0 Å². The minimum Gasteiger partial charge on any atom is -0.355 e. The van der Waals surface area contributed by atoms with Crippen LogP contribution < -0.4 is 10.8 Å².